The molecule has 2 heterocycles. The van der Waals surface area contributed by atoms with E-state index in [9.17, 15) is 14.7 Å². The van der Waals surface area contributed by atoms with Crippen molar-refractivity contribution in [1.82, 2.24) is 4.90 Å². The first kappa shape index (κ1) is 16.3. The molecule has 0 radical (unpaired) electrons. The minimum absolute atomic E-state index is 0.00652. The van der Waals surface area contributed by atoms with Gasteiger partial charge in [0.1, 0.15) is 0 Å². The molecule has 4 atom stereocenters. The molecule has 5 rings (SSSR count). The number of ether oxygens (including phenoxy) is 1. The number of carboxylic acid groups (broad SMARTS) is 1. The summed E-state index contributed by atoms with van der Waals surface area (Å²) in [5.74, 6) is -0.659. The van der Waals surface area contributed by atoms with Gasteiger partial charge < -0.3 is 14.7 Å². The summed E-state index contributed by atoms with van der Waals surface area (Å²) >= 11 is 0. The van der Waals surface area contributed by atoms with Crippen molar-refractivity contribution in [3.63, 3.8) is 0 Å². The van der Waals surface area contributed by atoms with E-state index in [0.29, 0.717) is 32.7 Å². The molecule has 1 aromatic carbocycles. The van der Waals surface area contributed by atoms with Crippen LogP contribution in [0.4, 0.5) is 0 Å². The SMILES string of the molecule is O=C(C1CC12CCCc1ccccc12)N1C[C@H]2COCC[C@@]2(C(=O)O)C1. The molecule has 4 aliphatic rings. The third-order valence-electron chi connectivity index (χ3n) is 7.44. The molecule has 2 aliphatic carbocycles. The summed E-state index contributed by atoms with van der Waals surface area (Å²) < 4.78 is 5.52. The molecule has 1 N–H and O–H groups in total. The van der Waals surface area contributed by atoms with Gasteiger partial charge in [0.25, 0.3) is 0 Å². The average Bonchev–Trinajstić information content (AvgIpc) is 3.21. The zero-order chi connectivity index (χ0) is 17.9. The third kappa shape index (κ3) is 2.13. The maximum atomic E-state index is 13.3. The van der Waals surface area contributed by atoms with E-state index in [1.807, 2.05) is 4.90 Å². The van der Waals surface area contributed by atoms with Crippen molar-refractivity contribution in [2.75, 3.05) is 26.3 Å². The number of carbonyl (C=O) groups is 2. The van der Waals surface area contributed by atoms with Crippen LogP contribution in [0.5, 0.6) is 0 Å². The molecule has 2 aliphatic heterocycles. The second-order valence-electron chi connectivity index (χ2n) is 8.63. The molecule has 26 heavy (non-hydrogen) atoms. The molecule has 138 valence electrons. The van der Waals surface area contributed by atoms with Gasteiger partial charge in [0, 0.05) is 36.9 Å². The maximum absolute atomic E-state index is 13.3. The van der Waals surface area contributed by atoms with Gasteiger partial charge >= 0.3 is 5.97 Å². The molecule has 2 unspecified atom stereocenters. The number of carboxylic acids is 1. The number of rotatable bonds is 2. The summed E-state index contributed by atoms with van der Waals surface area (Å²) in [5, 5.41) is 9.83. The van der Waals surface area contributed by atoms with Crippen LogP contribution >= 0.6 is 0 Å². The summed E-state index contributed by atoms with van der Waals surface area (Å²) in [6, 6.07) is 8.54. The lowest BCUT2D eigenvalue weighted by molar-refractivity contribution is -0.157. The monoisotopic (exact) mass is 355 g/mol. The Morgan fingerprint density at radius 2 is 2.08 bits per heavy atom. The van der Waals surface area contributed by atoms with Crippen molar-refractivity contribution < 1.29 is 19.4 Å². The van der Waals surface area contributed by atoms with Crippen LogP contribution in [0.25, 0.3) is 0 Å². The minimum atomic E-state index is -0.805. The molecule has 3 fully saturated rings. The van der Waals surface area contributed by atoms with Crippen LogP contribution in [0.1, 0.15) is 36.8 Å². The Hall–Kier alpha value is -1.88. The van der Waals surface area contributed by atoms with Crippen LogP contribution < -0.4 is 0 Å². The van der Waals surface area contributed by atoms with E-state index in [-0.39, 0.29) is 23.2 Å². The van der Waals surface area contributed by atoms with Crippen LogP contribution in [0.3, 0.4) is 0 Å². The number of fused-ring (bicyclic) bond motifs is 3. The fourth-order valence-electron chi connectivity index (χ4n) is 5.84. The average molecular weight is 355 g/mol. The van der Waals surface area contributed by atoms with E-state index in [2.05, 4.69) is 24.3 Å². The van der Waals surface area contributed by atoms with Gasteiger partial charge in [0.15, 0.2) is 0 Å². The first-order valence-electron chi connectivity index (χ1n) is 9.75. The summed E-state index contributed by atoms with van der Waals surface area (Å²) in [6.07, 6.45) is 4.74. The predicted molar refractivity (Wildman–Crippen MR) is 94.7 cm³/mol. The van der Waals surface area contributed by atoms with Gasteiger partial charge in [-0.2, -0.15) is 0 Å². The van der Waals surface area contributed by atoms with Crippen LogP contribution in [-0.4, -0.2) is 48.2 Å². The van der Waals surface area contributed by atoms with Crippen molar-refractivity contribution in [2.45, 2.75) is 37.5 Å². The maximum Gasteiger partial charge on any atom is 0.311 e. The van der Waals surface area contributed by atoms with Crippen LogP contribution in [0.15, 0.2) is 24.3 Å². The molecule has 0 aromatic heterocycles. The Balaban J connectivity index is 1.39. The third-order valence-corrected chi connectivity index (χ3v) is 7.44. The predicted octanol–water partition coefficient (Wildman–Crippen LogP) is 2.23. The topological polar surface area (TPSA) is 66.8 Å². The molecule has 1 spiro atoms. The number of nitrogens with zero attached hydrogens (tertiary/aromatic N) is 1. The highest BCUT2D eigenvalue weighted by atomic mass is 16.5. The van der Waals surface area contributed by atoms with E-state index in [1.165, 1.54) is 11.1 Å². The Morgan fingerprint density at radius 3 is 2.88 bits per heavy atom. The number of carbonyl (C=O) groups excluding carboxylic acids is 1. The van der Waals surface area contributed by atoms with Crippen LogP contribution in [0, 0.1) is 17.3 Å². The fraction of sp³-hybridized carbons (Fsp3) is 0.619. The molecule has 1 amide bonds. The lowest BCUT2D eigenvalue weighted by Gasteiger charge is -2.33. The molecule has 5 nitrogen and oxygen atoms in total. The standard InChI is InChI=1S/C21H25NO4/c23-18(22-11-15-12-26-9-8-21(15,13-22)19(24)25)17-10-20(17)7-3-5-14-4-1-2-6-16(14)20/h1-2,4,6,15,17H,3,5,7-13H2,(H,24,25)/t15-,17?,20?,21+/m0/s1. The number of hydrogen-bond donors (Lipinski definition) is 1. The summed E-state index contributed by atoms with van der Waals surface area (Å²) in [5.41, 5.74) is 1.95. The van der Waals surface area contributed by atoms with Crippen molar-refractivity contribution >= 4 is 11.9 Å². The first-order chi connectivity index (χ1) is 12.6. The molecule has 5 heteroatoms. The second-order valence-corrected chi connectivity index (χ2v) is 8.63. The van der Waals surface area contributed by atoms with Crippen molar-refractivity contribution in [3.8, 4) is 0 Å². The fourth-order valence-corrected chi connectivity index (χ4v) is 5.84. The highest BCUT2D eigenvalue weighted by Crippen LogP contribution is 2.61. The largest absolute Gasteiger partial charge is 0.481 e. The number of hydrogen-bond acceptors (Lipinski definition) is 3. The van der Waals surface area contributed by atoms with Gasteiger partial charge in [-0.3, -0.25) is 9.59 Å². The molecule has 0 bridgehead atoms. The Kier molecular flexibility index (Phi) is 3.48. The van der Waals surface area contributed by atoms with Crippen molar-refractivity contribution in [2.24, 2.45) is 17.3 Å². The van der Waals surface area contributed by atoms with Crippen LogP contribution in [-0.2, 0) is 26.2 Å². The summed E-state index contributed by atoms with van der Waals surface area (Å²) in [7, 11) is 0. The number of aryl methyl sites for hydroxylation is 1. The van der Waals surface area contributed by atoms with E-state index in [1.54, 1.807) is 0 Å². The minimum Gasteiger partial charge on any atom is -0.481 e. The number of benzene rings is 1. The zero-order valence-electron chi connectivity index (χ0n) is 14.9. The Labute approximate surface area is 153 Å². The highest BCUT2D eigenvalue weighted by molar-refractivity contribution is 5.87. The van der Waals surface area contributed by atoms with Crippen molar-refractivity contribution in [1.29, 1.82) is 0 Å². The quantitative estimate of drug-likeness (QED) is 0.883. The van der Waals surface area contributed by atoms with Gasteiger partial charge in [0.2, 0.25) is 5.91 Å². The Bertz CT molecular complexity index is 777. The molecular formula is C21H25NO4. The molecular weight excluding hydrogens is 330 g/mol. The number of amides is 1. The zero-order valence-corrected chi connectivity index (χ0v) is 14.9. The van der Waals surface area contributed by atoms with Gasteiger partial charge in [-0.05, 0) is 43.2 Å². The van der Waals surface area contributed by atoms with Gasteiger partial charge in [-0.25, -0.2) is 0 Å². The lowest BCUT2D eigenvalue weighted by Crippen LogP contribution is -2.45. The highest BCUT2D eigenvalue weighted by Gasteiger charge is 2.63. The number of aliphatic carboxylic acids is 1. The smallest absolute Gasteiger partial charge is 0.311 e. The van der Waals surface area contributed by atoms with E-state index >= 15 is 0 Å². The van der Waals surface area contributed by atoms with Gasteiger partial charge in [-0.1, -0.05) is 24.3 Å². The summed E-state index contributed by atoms with van der Waals surface area (Å²) in [6.45, 7) is 1.81. The normalized spacial score (nSPS) is 37.9. The van der Waals surface area contributed by atoms with E-state index in [4.69, 9.17) is 4.74 Å². The molecule has 2 saturated heterocycles. The molecule has 1 aromatic rings. The van der Waals surface area contributed by atoms with E-state index in [0.717, 1.165) is 25.7 Å². The second kappa shape index (κ2) is 5.56. The number of likely N-dealkylation sites (tertiary alicyclic amines) is 1. The van der Waals surface area contributed by atoms with Crippen molar-refractivity contribution in [3.05, 3.63) is 35.4 Å². The van der Waals surface area contributed by atoms with Crippen LogP contribution in [0.2, 0.25) is 0 Å². The first-order valence-corrected chi connectivity index (χ1v) is 9.75. The van der Waals surface area contributed by atoms with E-state index < -0.39 is 11.4 Å². The summed E-state index contributed by atoms with van der Waals surface area (Å²) in [4.78, 5) is 27.1. The van der Waals surface area contributed by atoms with Gasteiger partial charge in [-0.15, -0.1) is 0 Å². The lowest BCUT2D eigenvalue weighted by atomic mass is 9.74. The molecule has 1 saturated carbocycles. The van der Waals surface area contributed by atoms with Gasteiger partial charge in [0.05, 0.1) is 12.0 Å². The Morgan fingerprint density at radius 1 is 1.23 bits per heavy atom.